The van der Waals surface area contributed by atoms with E-state index in [2.05, 4.69) is 0 Å². The summed E-state index contributed by atoms with van der Waals surface area (Å²) in [7, 11) is 0. The summed E-state index contributed by atoms with van der Waals surface area (Å²) >= 11 is 0. The van der Waals surface area contributed by atoms with Gasteiger partial charge in [0.25, 0.3) is 5.91 Å². The summed E-state index contributed by atoms with van der Waals surface area (Å²) in [5, 5.41) is 0. The second-order valence-electron chi connectivity index (χ2n) is 5.85. The maximum absolute atomic E-state index is 14.1. The Morgan fingerprint density at radius 3 is 2.59 bits per heavy atom. The smallest absolute Gasteiger partial charge is 0.257 e. The fraction of sp³-hybridized carbons (Fsp3) is 0.316. The summed E-state index contributed by atoms with van der Waals surface area (Å²) in [6.45, 7) is 2.48. The van der Waals surface area contributed by atoms with E-state index in [-0.39, 0.29) is 17.5 Å². The molecule has 0 saturated carbocycles. The van der Waals surface area contributed by atoms with Crippen molar-refractivity contribution in [2.24, 2.45) is 0 Å². The molecule has 1 amide bonds. The van der Waals surface area contributed by atoms with Crippen LogP contribution < -0.4 is 0 Å². The van der Waals surface area contributed by atoms with Crippen LogP contribution in [0.2, 0.25) is 0 Å². The molecule has 0 aromatic heterocycles. The molecule has 114 valence electrons. The zero-order chi connectivity index (χ0) is 15.5. The van der Waals surface area contributed by atoms with E-state index in [1.54, 1.807) is 19.1 Å². The van der Waals surface area contributed by atoms with E-state index in [9.17, 15) is 9.18 Å². The molecule has 1 atom stereocenters. The molecule has 1 heterocycles. The van der Waals surface area contributed by atoms with Gasteiger partial charge in [-0.15, -0.1) is 0 Å². The summed E-state index contributed by atoms with van der Waals surface area (Å²) in [6.07, 6.45) is 3.01. The number of hydrogen-bond acceptors (Lipinski definition) is 1. The second-order valence-corrected chi connectivity index (χ2v) is 5.85. The molecule has 2 aromatic carbocycles. The van der Waals surface area contributed by atoms with Crippen molar-refractivity contribution in [2.75, 3.05) is 6.54 Å². The first-order valence-corrected chi connectivity index (χ1v) is 7.79. The normalized spacial score (nSPS) is 18.3. The van der Waals surface area contributed by atoms with Gasteiger partial charge in [0.15, 0.2) is 0 Å². The molecular formula is C19H20FNO. The van der Waals surface area contributed by atoms with Crippen LogP contribution in [0.4, 0.5) is 4.39 Å². The highest BCUT2D eigenvalue weighted by molar-refractivity contribution is 5.96. The molecule has 2 nitrogen and oxygen atoms in total. The van der Waals surface area contributed by atoms with Crippen molar-refractivity contribution in [1.29, 1.82) is 0 Å². The number of hydrogen-bond donors (Lipinski definition) is 0. The Bertz CT molecular complexity index is 648. The van der Waals surface area contributed by atoms with Gasteiger partial charge in [0.2, 0.25) is 0 Å². The molecular weight excluding hydrogens is 277 g/mol. The number of likely N-dealkylation sites (tertiary alicyclic amines) is 1. The lowest BCUT2D eigenvalue weighted by molar-refractivity contribution is 0.0606. The summed E-state index contributed by atoms with van der Waals surface area (Å²) < 4.78 is 14.1. The predicted molar refractivity (Wildman–Crippen MR) is 85.2 cm³/mol. The SMILES string of the molecule is Cc1cccc(F)c1C(=O)N1CCCCC1c1ccccc1. The number of nitrogens with zero attached hydrogens (tertiary/aromatic N) is 1. The van der Waals surface area contributed by atoms with Crippen LogP contribution in [-0.2, 0) is 0 Å². The summed E-state index contributed by atoms with van der Waals surface area (Å²) in [5.41, 5.74) is 2.04. The number of halogens is 1. The van der Waals surface area contributed by atoms with Crippen molar-refractivity contribution < 1.29 is 9.18 Å². The zero-order valence-corrected chi connectivity index (χ0v) is 12.8. The van der Waals surface area contributed by atoms with Gasteiger partial charge in [0, 0.05) is 6.54 Å². The van der Waals surface area contributed by atoms with E-state index in [1.165, 1.54) is 6.07 Å². The van der Waals surface area contributed by atoms with Gasteiger partial charge < -0.3 is 4.90 Å². The van der Waals surface area contributed by atoms with Crippen LogP contribution in [0.5, 0.6) is 0 Å². The minimum atomic E-state index is -0.428. The van der Waals surface area contributed by atoms with Gasteiger partial charge in [-0.05, 0) is 43.4 Å². The molecule has 2 aromatic rings. The Kier molecular flexibility index (Phi) is 4.23. The van der Waals surface area contributed by atoms with Crippen molar-refractivity contribution in [3.05, 3.63) is 71.0 Å². The first kappa shape index (κ1) is 14.8. The van der Waals surface area contributed by atoms with Crippen molar-refractivity contribution >= 4 is 5.91 Å². The molecule has 22 heavy (non-hydrogen) atoms. The molecule has 1 unspecified atom stereocenters. The minimum Gasteiger partial charge on any atom is -0.332 e. The number of piperidine rings is 1. The van der Waals surface area contributed by atoms with Crippen LogP contribution in [0.3, 0.4) is 0 Å². The average Bonchev–Trinajstić information content (AvgIpc) is 2.55. The molecule has 0 N–H and O–H groups in total. The van der Waals surface area contributed by atoms with Crippen molar-refractivity contribution in [3.8, 4) is 0 Å². The molecule has 3 rings (SSSR count). The summed E-state index contributed by atoms with van der Waals surface area (Å²) in [6, 6.07) is 14.9. The van der Waals surface area contributed by atoms with Gasteiger partial charge in [-0.1, -0.05) is 42.5 Å². The lowest BCUT2D eigenvalue weighted by Gasteiger charge is -2.36. The van der Waals surface area contributed by atoms with E-state index in [1.807, 2.05) is 35.2 Å². The molecule has 1 aliphatic heterocycles. The first-order chi connectivity index (χ1) is 10.7. The molecule has 3 heteroatoms. The van der Waals surface area contributed by atoms with E-state index in [0.717, 1.165) is 24.8 Å². The highest BCUT2D eigenvalue weighted by Gasteiger charge is 2.30. The average molecular weight is 297 g/mol. The molecule has 1 fully saturated rings. The van der Waals surface area contributed by atoms with Gasteiger partial charge in [-0.3, -0.25) is 4.79 Å². The Labute approximate surface area is 130 Å². The van der Waals surface area contributed by atoms with Crippen molar-refractivity contribution in [3.63, 3.8) is 0 Å². The van der Waals surface area contributed by atoms with Crippen LogP contribution in [0, 0.1) is 12.7 Å². The van der Waals surface area contributed by atoms with Gasteiger partial charge in [0.05, 0.1) is 11.6 Å². The molecule has 1 saturated heterocycles. The van der Waals surface area contributed by atoms with Gasteiger partial charge >= 0.3 is 0 Å². The number of carbonyl (C=O) groups excluding carboxylic acids is 1. The zero-order valence-electron chi connectivity index (χ0n) is 12.8. The van der Waals surface area contributed by atoms with E-state index in [4.69, 9.17) is 0 Å². The monoisotopic (exact) mass is 297 g/mol. The molecule has 0 aliphatic carbocycles. The van der Waals surface area contributed by atoms with Gasteiger partial charge in [-0.2, -0.15) is 0 Å². The molecule has 1 aliphatic rings. The number of carbonyl (C=O) groups is 1. The van der Waals surface area contributed by atoms with Crippen LogP contribution in [0.15, 0.2) is 48.5 Å². The Morgan fingerprint density at radius 1 is 1.09 bits per heavy atom. The van der Waals surface area contributed by atoms with Crippen LogP contribution >= 0.6 is 0 Å². The van der Waals surface area contributed by atoms with Gasteiger partial charge in [-0.25, -0.2) is 4.39 Å². The maximum Gasteiger partial charge on any atom is 0.257 e. The summed E-state index contributed by atoms with van der Waals surface area (Å²) in [5.74, 6) is -0.619. The lowest BCUT2D eigenvalue weighted by atomic mass is 9.94. The minimum absolute atomic E-state index is 0.0430. The Morgan fingerprint density at radius 2 is 1.86 bits per heavy atom. The quantitative estimate of drug-likeness (QED) is 0.799. The van der Waals surface area contributed by atoms with Crippen LogP contribution in [-0.4, -0.2) is 17.4 Å². The topological polar surface area (TPSA) is 20.3 Å². The fourth-order valence-corrected chi connectivity index (χ4v) is 3.24. The standard InChI is InChI=1S/C19H20FNO/c1-14-8-7-11-16(20)18(14)19(22)21-13-6-5-12-17(21)15-9-3-2-4-10-15/h2-4,7-11,17H,5-6,12-13H2,1H3. The third-order valence-electron chi connectivity index (χ3n) is 4.38. The number of aryl methyl sites for hydroxylation is 1. The third-order valence-corrected chi connectivity index (χ3v) is 4.38. The number of amides is 1. The first-order valence-electron chi connectivity index (χ1n) is 7.79. The second kappa shape index (κ2) is 6.30. The summed E-state index contributed by atoms with van der Waals surface area (Å²) in [4.78, 5) is 14.7. The molecule has 0 bridgehead atoms. The van der Waals surface area contributed by atoms with Crippen LogP contribution in [0.25, 0.3) is 0 Å². The maximum atomic E-state index is 14.1. The fourth-order valence-electron chi connectivity index (χ4n) is 3.24. The predicted octanol–water partition coefficient (Wildman–Crippen LogP) is 4.50. The Hall–Kier alpha value is -2.16. The number of rotatable bonds is 2. The molecule has 0 spiro atoms. The van der Waals surface area contributed by atoms with Crippen molar-refractivity contribution in [1.82, 2.24) is 4.90 Å². The lowest BCUT2D eigenvalue weighted by Crippen LogP contribution is -2.39. The van der Waals surface area contributed by atoms with Gasteiger partial charge in [0.1, 0.15) is 5.82 Å². The van der Waals surface area contributed by atoms with E-state index in [0.29, 0.717) is 12.1 Å². The van der Waals surface area contributed by atoms with Crippen molar-refractivity contribution in [2.45, 2.75) is 32.2 Å². The largest absolute Gasteiger partial charge is 0.332 e. The Balaban J connectivity index is 1.96. The highest BCUT2D eigenvalue weighted by atomic mass is 19.1. The highest BCUT2D eigenvalue weighted by Crippen LogP contribution is 2.32. The molecule has 0 radical (unpaired) electrons. The van der Waals surface area contributed by atoms with E-state index < -0.39 is 5.82 Å². The van der Waals surface area contributed by atoms with Crippen LogP contribution in [0.1, 0.15) is 46.8 Å². The third kappa shape index (κ3) is 2.76. The van der Waals surface area contributed by atoms with E-state index >= 15 is 0 Å². The number of benzene rings is 2.